The first-order valence-electron chi connectivity index (χ1n) is 7.32. The molecule has 1 aromatic rings. The Morgan fingerprint density at radius 2 is 1.79 bits per heavy atom. The average molecular weight is 258 g/mol. The predicted molar refractivity (Wildman–Crippen MR) is 75.8 cm³/mol. The molecule has 19 heavy (non-hydrogen) atoms. The molecule has 0 radical (unpaired) electrons. The number of nitrogens with zero attached hydrogens (tertiary/aromatic N) is 1. The van der Waals surface area contributed by atoms with Crippen LogP contribution in [0, 0.1) is 0 Å². The minimum atomic E-state index is -0.528. The number of rotatable bonds is 2. The molecule has 2 N–H and O–H groups in total. The van der Waals surface area contributed by atoms with Gasteiger partial charge in [-0.15, -0.1) is 0 Å². The minimum Gasteiger partial charge on any atom is -0.341 e. The zero-order chi connectivity index (χ0) is 13.3. The van der Waals surface area contributed by atoms with E-state index in [0.717, 1.165) is 45.2 Å². The van der Waals surface area contributed by atoms with Gasteiger partial charge >= 0.3 is 0 Å². The van der Waals surface area contributed by atoms with Gasteiger partial charge in [-0.1, -0.05) is 30.3 Å². The van der Waals surface area contributed by atoms with E-state index in [0.29, 0.717) is 5.92 Å². The van der Waals surface area contributed by atoms with E-state index in [1.807, 2.05) is 4.90 Å². The van der Waals surface area contributed by atoms with Crippen molar-refractivity contribution in [2.45, 2.75) is 43.6 Å². The molecule has 0 atom stereocenters. The summed E-state index contributed by atoms with van der Waals surface area (Å²) in [6, 6.07) is 10.6. The monoisotopic (exact) mass is 258 g/mol. The number of carbonyl (C=O) groups excluding carboxylic acids is 1. The van der Waals surface area contributed by atoms with Crippen LogP contribution in [0.15, 0.2) is 30.3 Å². The molecular weight excluding hydrogens is 236 g/mol. The smallest absolute Gasteiger partial charge is 0.242 e. The van der Waals surface area contributed by atoms with Crippen molar-refractivity contribution in [3.05, 3.63) is 35.9 Å². The van der Waals surface area contributed by atoms with Gasteiger partial charge in [-0.2, -0.15) is 0 Å². The van der Waals surface area contributed by atoms with E-state index >= 15 is 0 Å². The molecule has 1 heterocycles. The summed E-state index contributed by atoms with van der Waals surface area (Å²) >= 11 is 0. The van der Waals surface area contributed by atoms with E-state index in [2.05, 4.69) is 30.3 Å². The van der Waals surface area contributed by atoms with Gasteiger partial charge in [0.2, 0.25) is 5.91 Å². The standard InChI is InChI=1S/C16H22N2O/c17-16(9-4-10-16)15(19)18-11-7-14(8-12-18)13-5-2-1-3-6-13/h1-3,5-6,14H,4,7-12,17H2. The molecule has 102 valence electrons. The first-order chi connectivity index (χ1) is 9.19. The van der Waals surface area contributed by atoms with Crippen molar-refractivity contribution in [2.24, 2.45) is 5.73 Å². The molecule has 0 bridgehead atoms. The maximum absolute atomic E-state index is 12.3. The summed E-state index contributed by atoms with van der Waals surface area (Å²) in [6.45, 7) is 1.72. The molecule has 2 fully saturated rings. The number of hydrogen-bond acceptors (Lipinski definition) is 2. The van der Waals surface area contributed by atoms with Crippen LogP contribution in [0.2, 0.25) is 0 Å². The molecule has 3 rings (SSSR count). The number of carbonyl (C=O) groups is 1. The third-order valence-corrected chi connectivity index (χ3v) is 4.72. The predicted octanol–water partition coefficient (Wildman–Crippen LogP) is 2.27. The van der Waals surface area contributed by atoms with Gasteiger partial charge in [-0.3, -0.25) is 4.79 Å². The number of hydrogen-bond donors (Lipinski definition) is 1. The van der Waals surface area contributed by atoms with Crippen LogP contribution in [0.3, 0.4) is 0 Å². The second-order valence-electron chi connectivity index (χ2n) is 5.99. The maximum atomic E-state index is 12.3. The minimum absolute atomic E-state index is 0.185. The Labute approximate surface area is 114 Å². The normalized spacial score (nSPS) is 22.9. The van der Waals surface area contributed by atoms with E-state index in [-0.39, 0.29) is 5.91 Å². The number of amides is 1. The highest BCUT2D eigenvalue weighted by atomic mass is 16.2. The average Bonchev–Trinajstić information content (AvgIpc) is 2.45. The molecule has 1 aromatic carbocycles. The SMILES string of the molecule is NC1(C(=O)N2CCC(c3ccccc3)CC2)CCC1. The van der Waals surface area contributed by atoms with Gasteiger partial charge < -0.3 is 10.6 Å². The Balaban J connectivity index is 1.59. The highest BCUT2D eigenvalue weighted by molar-refractivity contribution is 5.87. The molecule has 2 aliphatic rings. The summed E-state index contributed by atoms with van der Waals surface area (Å²) in [5.41, 5.74) is 7.01. The van der Waals surface area contributed by atoms with Gasteiger partial charge in [0.1, 0.15) is 0 Å². The third-order valence-electron chi connectivity index (χ3n) is 4.72. The topological polar surface area (TPSA) is 46.3 Å². The fourth-order valence-corrected chi connectivity index (χ4v) is 3.23. The molecule has 0 spiro atoms. The van der Waals surface area contributed by atoms with Gasteiger partial charge in [0.05, 0.1) is 5.54 Å². The van der Waals surface area contributed by atoms with Crippen molar-refractivity contribution in [1.82, 2.24) is 4.90 Å². The van der Waals surface area contributed by atoms with Crippen molar-refractivity contribution in [3.63, 3.8) is 0 Å². The zero-order valence-electron chi connectivity index (χ0n) is 11.3. The summed E-state index contributed by atoms with van der Waals surface area (Å²) in [5, 5.41) is 0. The molecule has 1 saturated carbocycles. The fraction of sp³-hybridized carbons (Fsp3) is 0.562. The number of nitrogens with two attached hydrogens (primary N) is 1. The summed E-state index contributed by atoms with van der Waals surface area (Å²) in [5.74, 6) is 0.783. The van der Waals surface area contributed by atoms with Crippen LogP contribution in [0.25, 0.3) is 0 Å². The summed E-state index contributed by atoms with van der Waals surface area (Å²) in [6.07, 6.45) is 4.95. The lowest BCUT2D eigenvalue weighted by Gasteiger charge is -2.42. The molecule has 0 unspecified atom stereocenters. The molecule has 3 heteroatoms. The first-order valence-corrected chi connectivity index (χ1v) is 7.32. The van der Waals surface area contributed by atoms with E-state index in [1.165, 1.54) is 5.56 Å². The lowest BCUT2D eigenvalue weighted by molar-refractivity contribution is -0.141. The molecule has 1 aliphatic carbocycles. The lowest BCUT2D eigenvalue weighted by Crippen LogP contribution is -2.60. The Kier molecular flexibility index (Phi) is 3.31. The third kappa shape index (κ3) is 2.39. The van der Waals surface area contributed by atoms with Crippen LogP contribution < -0.4 is 5.73 Å². The molecule has 3 nitrogen and oxygen atoms in total. The molecule has 1 aliphatic heterocycles. The summed E-state index contributed by atoms with van der Waals surface area (Å²) in [4.78, 5) is 14.3. The molecule has 1 saturated heterocycles. The summed E-state index contributed by atoms with van der Waals surface area (Å²) in [7, 11) is 0. The van der Waals surface area contributed by atoms with Crippen molar-refractivity contribution in [1.29, 1.82) is 0 Å². The highest BCUT2D eigenvalue weighted by Gasteiger charge is 2.43. The first kappa shape index (κ1) is 12.7. The van der Waals surface area contributed by atoms with E-state index < -0.39 is 5.54 Å². The Bertz CT molecular complexity index is 445. The van der Waals surface area contributed by atoms with E-state index in [1.54, 1.807) is 0 Å². The van der Waals surface area contributed by atoms with E-state index in [9.17, 15) is 4.79 Å². The van der Waals surface area contributed by atoms with Crippen molar-refractivity contribution in [2.75, 3.05) is 13.1 Å². The van der Waals surface area contributed by atoms with Crippen LogP contribution in [0.5, 0.6) is 0 Å². The molecule has 0 aromatic heterocycles. The van der Waals surface area contributed by atoms with Crippen LogP contribution >= 0.6 is 0 Å². The van der Waals surface area contributed by atoms with Crippen molar-refractivity contribution >= 4 is 5.91 Å². The highest BCUT2D eigenvalue weighted by Crippen LogP contribution is 2.34. The van der Waals surface area contributed by atoms with Crippen LogP contribution in [-0.2, 0) is 4.79 Å². The van der Waals surface area contributed by atoms with Gasteiger partial charge in [0.25, 0.3) is 0 Å². The Morgan fingerprint density at radius 1 is 1.16 bits per heavy atom. The van der Waals surface area contributed by atoms with Crippen molar-refractivity contribution in [3.8, 4) is 0 Å². The van der Waals surface area contributed by atoms with Gasteiger partial charge in [0, 0.05) is 13.1 Å². The zero-order valence-corrected chi connectivity index (χ0v) is 11.3. The van der Waals surface area contributed by atoms with E-state index in [4.69, 9.17) is 5.73 Å². The van der Waals surface area contributed by atoms with Gasteiger partial charge in [-0.25, -0.2) is 0 Å². The lowest BCUT2D eigenvalue weighted by atomic mass is 9.76. The molecular formula is C16H22N2O. The van der Waals surface area contributed by atoms with Gasteiger partial charge in [0.15, 0.2) is 0 Å². The van der Waals surface area contributed by atoms with Crippen LogP contribution in [-0.4, -0.2) is 29.4 Å². The van der Waals surface area contributed by atoms with Crippen LogP contribution in [0.1, 0.15) is 43.6 Å². The van der Waals surface area contributed by atoms with Crippen LogP contribution in [0.4, 0.5) is 0 Å². The molecule has 1 amide bonds. The Morgan fingerprint density at radius 3 is 2.32 bits per heavy atom. The maximum Gasteiger partial charge on any atom is 0.242 e. The summed E-state index contributed by atoms with van der Waals surface area (Å²) < 4.78 is 0. The number of piperidine rings is 1. The largest absolute Gasteiger partial charge is 0.341 e. The second kappa shape index (κ2) is 4.97. The van der Waals surface area contributed by atoms with Crippen molar-refractivity contribution < 1.29 is 4.79 Å². The number of likely N-dealkylation sites (tertiary alicyclic amines) is 1. The second-order valence-corrected chi connectivity index (χ2v) is 5.99. The quantitative estimate of drug-likeness (QED) is 0.884. The fourth-order valence-electron chi connectivity index (χ4n) is 3.23. The number of benzene rings is 1. The van der Waals surface area contributed by atoms with Gasteiger partial charge in [-0.05, 0) is 43.6 Å². The Hall–Kier alpha value is -1.35.